The number of esters is 1. The minimum absolute atomic E-state index is 0.00627. The topological polar surface area (TPSA) is 80.3 Å². The fourth-order valence-electron chi connectivity index (χ4n) is 6.06. The van der Waals surface area contributed by atoms with Gasteiger partial charge in [0.25, 0.3) is 0 Å². The first-order chi connectivity index (χ1) is 21.1. The quantitative estimate of drug-likeness (QED) is 0.119. The maximum Gasteiger partial charge on any atom is 0.348 e. The number of Topliss-reactive ketones (excluding diaryl/α,β-unsaturated/α-hetero) is 1. The molecule has 1 aliphatic carbocycles. The highest BCUT2D eigenvalue weighted by molar-refractivity contribution is 6.75. The smallest absolute Gasteiger partial charge is 0.348 e. The third-order valence-electron chi connectivity index (χ3n) is 12.4. The van der Waals surface area contributed by atoms with Crippen LogP contribution in [-0.4, -0.2) is 61.8 Å². The Morgan fingerprint density at radius 3 is 1.56 bits per heavy atom. The van der Waals surface area contributed by atoms with Crippen LogP contribution in [0.4, 0.5) is 0 Å². The van der Waals surface area contributed by atoms with Crippen LogP contribution in [0.1, 0.15) is 110 Å². The number of cyclic esters (lactones) is 1. The van der Waals surface area contributed by atoms with Crippen LogP contribution < -0.4 is 0 Å². The zero-order chi connectivity index (χ0) is 37.9. The number of rotatable bonds is 11. The second kappa shape index (κ2) is 13.8. The van der Waals surface area contributed by atoms with Gasteiger partial charge in [-0.05, 0) is 91.6 Å². The van der Waals surface area contributed by atoms with Gasteiger partial charge in [0.1, 0.15) is 11.3 Å². The van der Waals surface area contributed by atoms with Crippen LogP contribution in [0.2, 0.25) is 54.4 Å². The second-order valence-electron chi connectivity index (χ2n) is 20.0. The SMILES string of the molecule is CC1=C(C(=O)C2=C(C)[C@@H](O[Si](C)(C)C(C)(C)C)C[C@@H](C(CO[Si](C)(C)C(C)(C)C)CO[Si](C)(C)C(C)(C)C)C2(C)C)C(=O)OC(C)(C)O1. The molecule has 0 aromatic carbocycles. The Morgan fingerprint density at radius 2 is 1.19 bits per heavy atom. The van der Waals surface area contributed by atoms with Crippen molar-refractivity contribution >= 4 is 36.7 Å². The Balaban J connectivity index is 2.82. The molecule has 0 unspecified atom stereocenters. The van der Waals surface area contributed by atoms with Crippen molar-refractivity contribution in [2.45, 2.75) is 177 Å². The number of hydrogen-bond donors (Lipinski definition) is 0. The van der Waals surface area contributed by atoms with Crippen LogP contribution in [0, 0.1) is 17.3 Å². The Morgan fingerprint density at radius 1 is 0.771 bits per heavy atom. The fourth-order valence-corrected chi connectivity index (χ4v) is 9.52. The largest absolute Gasteiger partial charge is 0.456 e. The van der Waals surface area contributed by atoms with Crippen molar-refractivity contribution in [1.29, 1.82) is 0 Å². The number of carbonyl (C=O) groups is 2. The summed E-state index contributed by atoms with van der Waals surface area (Å²) in [6.45, 7) is 46.4. The van der Waals surface area contributed by atoms with E-state index in [0.29, 0.717) is 24.5 Å². The van der Waals surface area contributed by atoms with Gasteiger partial charge in [-0.1, -0.05) is 76.2 Å². The zero-order valence-corrected chi connectivity index (χ0v) is 37.7. The molecule has 0 amide bonds. The molecule has 10 heteroatoms. The molecule has 1 aliphatic heterocycles. The molecule has 2 aliphatic rings. The van der Waals surface area contributed by atoms with Crippen LogP contribution in [0.15, 0.2) is 22.5 Å². The van der Waals surface area contributed by atoms with Crippen molar-refractivity contribution < 1.29 is 32.3 Å². The van der Waals surface area contributed by atoms with E-state index in [4.69, 9.17) is 22.8 Å². The fraction of sp³-hybridized carbons (Fsp3) is 0.842. The molecule has 2 rings (SSSR count). The average Bonchev–Trinajstić information content (AvgIpc) is 2.82. The minimum atomic E-state index is -2.26. The lowest BCUT2D eigenvalue weighted by Crippen LogP contribution is -2.52. The predicted molar refractivity (Wildman–Crippen MR) is 205 cm³/mol. The van der Waals surface area contributed by atoms with E-state index in [1.807, 2.05) is 6.92 Å². The summed E-state index contributed by atoms with van der Waals surface area (Å²) in [6.07, 6.45) is 0.449. The molecule has 0 aromatic heterocycles. The number of ketones is 1. The first-order valence-electron chi connectivity index (χ1n) is 17.9. The maximum absolute atomic E-state index is 14.8. The van der Waals surface area contributed by atoms with Gasteiger partial charge in [0.05, 0.1) is 6.10 Å². The van der Waals surface area contributed by atoms with E-state index in [1.165, 1.54) is 0 Å². The summed E-state index contributed by atoms with van der Waals surface area (Å²) in [4.78, 5) is 28.2. The van der Waals surface area contributed by atoms with Gasteiger partial charge in [-0.15, -0.1) is 0 Å². The van der Waals surface area contributed by atoms with E-state index in [1.54, 1.807) is 20.8 Å². The summed E-state index contributed by atoms with van der Waals surface area (Å²) in [6, 6.07) is 0. The molecule has 48 heavy (non-hydrogen) atoms. The van der Waals surface area contributed by atoms with E-state index >= 15 is 0 Å². The van der Waals surface area contributed by atoms with E-state index in [-0.39, 0.29) is 44.4 Å². The van der Waals surface area contributed by atoms with Crippen molar-refractivity contribution in [3.63, 3.8) is 0 Å². The third-order valence-corrected chi connectivity index (χ3v) is 25.9. The molecule has 0 bridgehead atoms. The highest BCUT2D eigenvalue weighted by atomic mass is 28.4. The van der Waals surface area contributed by atoms with Gasteiger partial charge in [-0.3, -0.25) is 4.79 Å². The lowest BCUT2D eigenvalue weighted by Gasteiger charge is -2.51. The highest BCUT2D eigenvalue weighted by Crippen LogP contribution is 2.53. The lowest BCUT2D eigenvalue weighted by molar-refractivity contribution is -0.207. The lowest BCUT2D eigenvalue weighted by atomic mass is 9.59. The first kappa shape index (κ1) is 43.1. The van der Waals surface area contributed by atoms with Crippen molar-refractivity contribution in [3.8, 4) is 0 Å². The normalized spacial score (nSPS) is 23.0. The van der Waals surface area contributed by atoms with Gasteiger partial charge in [0.15, 0.2) is 30.7 Å². The summed E-state index contributed by atoms with van der Waals surface area (Å²) in [5.74, 6) is -1.86. The minimum Gasteiger partial charge on any atom is -0.456 e. The van der Waals surface area contributed by atoms with Gasteiger partial charge < -0.3 is 22.8 Å². The van der Waals surface area contributed by atoms with E-state index in [0.717, 1.165) is 12.0 Å². The van der Waals surface area contributed by atoms with Gasteiger partial charge in [0.2, 0.25) is 5.79 Å². The summed E-state index contributed by atoms with van der Waals surface area (Å²) in [5, 5.41) is 0.0667. The molecule has 0 fully saturated rings. The van der Waals surface area contributed by atoms with E-state index in [2.05, 4.69) is 115 Å². The van der Waals surface area contributed by atoms with Crippen molar-refractivity contribution in [3.05, 3.63) is 22.5 Å². The van der Waals surface area contributed by atoms with Crippen LogP contribution in [0.3, 0.4) is 0 Å². The standard InChI is InChI=1S/C38H72O7Si3/c1-25-29(45-48(20,21)36(9,10)11)22-28(37(12,13)31(25)32(39)30-26(2)43-38(14,15)44-33(30)40)27(23-41-46(16,17)34(3,4)5)24-42-47(18,19)35(6,7)8/h27-29H,22-24H2,1-21H3/t28-,29-/m0/s1. The maximum atomic E-state index is 14.8. The highest BCUT2D eigenvalue weighted by Gasteiger charge is 2.53. The Bertz CT molecular complexity index is 1250. The van der Waals surface area contributed by atoms with Crippen molar-refractivity contribution in [2.75, 3.05) is 13.2 Å². The summed E-state index contributed by atoms with van der Waals surface area (Å²) < 4.78 is 32.7. The van der Waals surface area contributed by atoms with Crippen LogP contribution in [0.25, 0.3) is 0 Å². The summed E-state index contributed by atoms with van der Waals surface area (Å²) in [7, 11) is -6.49. The third kappa shape index (κ3) is 9.24. The van der Waals surface area contributed by atoms with Gasteiger partial charge >= 0.3 is 5.97 Å². The molecule has 278 valence electrons. The summed E-state index contributed by atoms with van der Waals surface area (Å²) >= 11 is 0. The Labute approximate surface area is 297 Å². The molecule has 1 heterocycles. The molecular formula is C38H72O7Si3. The number of carbonyl (C=O) groups excluding carboxylic acids is 2. The Hall–Kier alpha value is -1.05. The van der Waals surface area contributed by atoms with Gasteiger partial charge in [-0.25, -0.2) is 4.79 Å². The summed E-state index contributed by atoms with van der Waals surface area (Å²) in [5.41, 5.74) is 0.836. The predicted octanol–water partition coefficient (Wildman–Crippen LogP) is 10.6. The van der Waals surface area contributed by atoms with Crippen LogP contribution in [-0.2, 0) is 32.3 Å². The number of ether oxygens (including phenoxy) is 2. The molecule has 7 nitrogen and oxygen atoms in total. The molecular weight excluding hydrogens is 653 g/mol. The zero-order valence-electron chi connectivity index (χ0n) is 34.7. The van der Waals surface area contributed by atoms with Gasteiger partial charge in [-0.2, -0.15) is 0 Å². The first-order valence-corrected chi connectivity index (χ1v) is 26.7. The van der Waals surface area contributed by atoms with Crippen molar-refractivity contribution in [1.82, 2.24) is 0 Å². The number of allylic oxidation sites excluding steroid dienone is 2. The van der Waals surface area contributed by atoms with E-state index in [9.17, 15) is 9.59 Å². The molecule has 0 spiro atoms. The molecule has 0 radical (unpaired) electrons. The molecule has 0 saturated heterocycles. The number of hydrogen-bond acceptors (Lipinski definition) is 7. The van der Waals surface area contributed by atoms with Crippen LogP contribution >= 0.6 is 0 Å². The molecule has 0 saturated carbocycles. The monoisotopic (exact) mass is 724 g/mol. The molecule has 0 aromatic rings. The van der Waals surface area contributed by atoms with Crippen LogP contribution in [0.5, 0.6) is 0 Å². The van der Waals surface area contributed by atoms with Gasteiger partial charge in [0, 0.05) is 38.6 Å². The second-order valence-corrected chi connectivity index (χ2v) is 34.4. The molecule has 0 N–H and O–H groups in total. The van der Waals surface area contributed by atoms with Crippen molar-refractivity contribution in [2.24, 2.45) is 17.3 Å². The molecule has 2 atom stereocenters. The van der Waals surface area contributed by atoms with E-state index < -0.39 is 42.1 Å². The Kier molecular flexibility index (Phi) is 12.4. The average molecular weight is 725 g/mol.